The Balaban J connectivity index is 1.73. The zero-order chi connectivity index (χ0) is 18.9. The Hall–Kier alpha value is -2.63. The summed E-state index contributed by atoms with van der Waals surface area (Å²) < 4.78 is 1.80. The third-order valence-corrected chi connectivity index (χ3v) is 5.18. The highest BCUT2D eigenvalue weighted by Gasteiger charge is 2.37. The first kappa shape index (κ1) is 18.2. The number of hydrogen-bond acceptors (Lipinski definition) is 3. The average Bonchev–Trinajstić information content (AvgIpc) is 3.28. The van der Waals surface area contributed by atoms with E-state index in [1.54, 1.807) is 16.8 Å². The van der Waals surface area contributed by atoms with Gasteiger partial charge in [-0.1, -0.05) is 6.92 Å². The first-order valence-corrected chi connectivity index (χ1v) is 8.95. The van der Waals surface area contributed by atoms with Crippen LogP contribution >= 0.6 is 0 Å². The fraction of sp³-hybridized carbons (Fsp3) is 0.450. The first-order valence-electron chi connectivity index (χ1n) is 8.95. The molecule has 26 heavy (non-hydrogen) atoms. The van der Waals surface area contributed by atoms with Gasteiger partial charge in [-0.05, 0) is 68.4 Å². The molecule has 1 aliphatic rings. The van der Waals surface area contributed by atoms with E-state index in [0.29, 0.717) is 12.0 Å². The van der Waals surface area contributed by atoms with Crippen molar-refractivity contribution in [2.75, 3.05) is 6.54 Å². The third-order valence-electron chi connectivity index (χ3n) is 5.18. The maximum absolute atomic E-state index is 12.3. The van der Waals surface area contributed by atoms with Gasteiger partial charge in [0.05, 0.1) is 11.4 Å². The van der Waals surface area contributed by atoms with Crippen molar-refractivity contribution in [2.45, 2.75) is 46.5 Å². The molecule has 0 spiro atoms. The van der Waals surface area contributed by atoms with Gasteiger partial charge < -0.3 is 10.4 Å². The van der Waals surface area contributed by atoms with Crippen LogP contribution in [0.15, 0.2) is 24.3 Å². The summed E-state index contributed by atoms with van der Waals surface area (Å²) in [6.07, 6.45) is 2.90. The molecule has 1 amide bonds. The molecule has 2 aromatic rings. The molecule has 1 aliphatic carbocycles. The minimum atomic E-state index is -0.813. The van der Waals surface area contributed by atoms with Crippen LogP contribution < -0.4 is 5.32 Å². The van der Waals surface area contributed by atoms with Crippen LogP contribution in [0.2, 0.25) is 0 Å². The standard InChI is InChI=1S/C20H25N3O3/c1-13-17(8-9-18(24)25)14(2)23(22-13)16-6-4-15(5-7-16)19(26)21-12-20(3)10-11-20/h4-7H,8-12H2,1-3H3,(H,21,26)(H,24,25). The number of hydrogen-bond donors (Lipinski definition) is 2. The summed E-state index contributed by atoms with van der Waals surface area (Å²) in [6.45, 7) is 6.73. The number of aromatic nitrogens is 2. The Morgan fingerprint density at radius 2 is 1.88 bits per heavy atom. The topological polar surface area (TPSA) is 84.2 Å². The molecule has 1 aromatic carbocycles. The molecule has 2 N–H and O–H groups in total. The molecule has 0 radical (unpaired) electrons. The van der Waals surface area contributed by atoms with Crippen LogP contribution in [0.5, 0.6) is 0 Å². The molecule has 0 atom stereocenters. The summed E-state index contributed by atoms with van der Waals surface area (Å²) in [5.41, 5.74) is 4.51. The number of carbonyl (C=O) groups is 2. The van der Waals surface area contributed by atoms with Crippen molar-refractivity contribution in [2.24, 2.45) is 5.41 Å². The van der Waals surface area contributed by atoms with Crippen LogP contribution in [-0.2, 0) is 11.2 Å². The normalized spacial score (nSPS) is 14.9. The van der Waals surface area contributed by atoms with Crippen molar-refractivity contribution < 1.29 is 14.7 Å². The SMILES string of the molecule is Cc1nn(-c2ccc(C(=O)NCC3(C)CC3)cc2)c(C)c1CCC(=O)O. The molecular weight excluding hydrogens is 330 g/mol. The van der Waals surface area contributed by atoms with Crippen molar-refractivity contribution in [1.82, 2.24) is 15.1 Å². The number of carbonyl (C=O) groups excluding carboxylic acids is 1. The minimum absolute atomic E-state index is 0.0554. The fourth-order valence-corrected chi connectivity index (χ4v) is 3.06. The molecule has 1 heterocycles. The number of amides is 1. The van der Waals surface area contributed by atoms with E-state index in [4.69, 9.17) is 5.11 Å². The molecule has 1 saturated carbocycles. The number of aryl methyl sites for hydroxylation is 1. The number of rotatable bonds is 7. The van der Waals surface area contributed by atoms with Crippen molar-refractivity contribution in [3.8, 4) is 5.69 Å². The predicted molar refractivity (Wildman–Crippen MR) is 98.7 cm³/mol. The minimum Gasteiger partial charge on any atom is -0.481 e. The van der Waals surface area contributed by atoms with E-state index in [0.717, 1.165) is 29.2 Å². The smallest absolute Gasteiger partial charge is 0.303 e. The van der Waals surface area contributed by atoms with Crippen molar-refractivity contribution >= 4 is 11.9 Å². The maximum atomic E-state index is 12.3. The second-order valence-corrected chi connectivity index (χ2v) is 7.50. The highest BCUT2D eigenvalue weighted by Crippen LogP contribution is 2.44. The Morgan fingerprint density at radius 1 is 1.23 bits per heavy atom. The Labute approximate surface area is 153 Å². The average molecular weight is 355 g/mol. The van der Waals surface area contributed by atoms with Gasteiger partial charge in [0.25, 0.3) is 5.91 Å². The van der Waals surface area contributed by atoms with Gasteiger partial charge in [0.15, 0.2) is 0 Å². The van der Waals surface area contributed by atoms with E-state index >= 15 is 0 Å². The Morgan fingerprint density at radius 3 is 2.46 bits per heavy atom. The molecule has 1 aromatic heterocycles. The van der Waals surface area contributed by atoms with Crippen LogP contribution in [-0.4, -0.2) is 33.3 Å². The molecule has 6 nitrogen and oxygen atoms in total. The summed E-state index contributed by atoms with van der Waals surface area (Å²) in [6, 6.07) is 7.34. The molecule has 0 aliphatic heterocycles. The molecule has 138 valence electrons. The highest BCUT2D eigenvalue weighted by atomic mass is 16.4. The van der Waals surface area contributed by atoms with E-state index in [1.165, 1.54) is 12.8 Å². The number of benzene rings is 1. The number of nitrogens with zero attached hydrogens (tertiary/aromatic N) is 2. The summed E-state index contributed by atoms with van der Waals surface area (Å²) in [5, 5.41) is 16.4. The summed E-state index contributed by atoms with van der Waals surface area (Å²) in [5.74, 6) is -0.868. The first-order chi connectivity index (χ1) is 12.3. The van der Waals surface area contributed by atoms with Gasteiger partial charge >= 0.3 is 5.97 Å². The Kier molecular flexibility index (Phi) is 4.85. The molecule has 0 unspecified atom stereocenters. The van der Waals surface area contributed by atoms with Crippen molar-refractivity contribution in [3.05, 3.63) is 46.8 Å². The maximum Gasteiger partial charge on any atom is 0.303 e. The van der Waals surface area contributed by atoms with E-state index in [-0.39, 0.29) is 17.7 Å². The molecular formula is C20H25N3O3. The lowest BCUT2D eigenvalue weighted by Crippen LogP contribution is -2.28. The highest BCUT2D eigenvalue weighted by molar-refractivity contribution is 5.94. The lowest BCUT2D eigenvalue weighted by atomic mass is 10.1. The summed E-state index contributed by atoms with van der Waals surface area (Å²) in [7, 11) is 0. The lowest BCUT2D eigenvalue weighted by molar-refractivity contribution is -0.136. The van der Waals surface area contributed by atoms with Crippen LogP contribution in [0.1, 0.15) is 53.5 Å². The largest absolute Gasteiger partial charge is 0.481 e. The number of carboxylic acids is 1. The zero-order valence-electron chi connectivity index (χ0n) is 15.5. The van der Waals surface area contributed by atoms with E-state index in [9.17, 15) is 9.59 Å². The van der Waals surface area contributed by atoms with Gasteiger partial charge in [-0.15, -0.1) is 0 Å². The van der Waals surface area contributed by atoms with Gasteiger partial charge in [0.2, 0.25) is 0 Å². The van der Waals surface area contributed by atoms with Gasteiger partial charge in [0, 0.05) is 24.2 Å². The summed E-state index contributed by atoms with van der Waals surface area (Å²) in [4.78, 5) is 23.1. The monoisotopic (exact) mass is 355 g/mol. The van der Waals surface area contributed by atoms with Crippen molar-refractivity contribution in [3.63, 3.8) is 0 Å². The fourth-order valence-electron chi connectivity index (χ4n) is 3.06. The number of aliphatic carboxylic acids is 1. The zero-order valence-corrected chi connectivity index (χ0v) is 15.5. The van der Waals surface area contributed by atoms with Crippen LogP contribution in [0, 0.1) is 19.3 Å². The number of nitrogens with one attached hydrogen (secondary N) is 1. The Bertz CT molecular complexity index is 833. The second kappa shape index (κ2) is 6.94. The van der Waals surface area contributed by atoms with E-state index in [1.807, 2.05) is 26.0 Å². The molecule has 3 rings (SSSR count). The van der Waals surface area contributed by atoms with Gasteiger partial charge in [-0.25, -0.2) is 4.68 Å². The van der Waals surface area contributed by atoms with Gasteiger partial charge in [-0.3, -0.25) is 9.59 Å². The van der Waals surface area contributed by atoms with E-state index in [2.05, 4.69) is 17.3 Å². The quantitative estimate of drug-likeness (QED) is 0.799. The van der Waals surface area contributed by atoms with E-state index < -0.39 is 5.97 Å². The third kappa shape index (κ3) is 3.95. The molecule has 0 bridgehead atoms. The molecule has 6 heteroatoms. The lowest BCUT2D eigenvalue weighted by Gasteiger charge is -2.11. The van der Waals surface area contributed by atoms with Crippen LogP contribution in [0.25, 0.3) is 5.69 Å². The van der Waals surface area contributed by atoms with Crippen LogP contribution in [0.4, 0.5) is 0 Å². The van der Waals surface area contributed by atoms with Crippen molar-refractivity contribution in [1.29, 1.82) is 0 Å². The second-order valence-electron chi connectivity index (χ2n) is 7.50. The predicted octanol–water partition coefficient (Wildman–Crippen LogP) is 3.04. The number of carboxylic acid groups (broad SMARTS) is 1. The van der Waals surface area contributed by atoms with Gasteiger partial charge in [-0.2, -0.15) is 5.10 Å². The molecule has 0 saturated heterocycles. The van der Waals surface area contributed by atoms with Gasteiger partial charge in [0.1, 0.15) is 0 Å². The van der Waals surface area contributed by atoms with Crippen LogP contribution in [0.3, 0.4) is 0 Å². The molecule has 1 fully saturated rings. The summed E-state index contributed by atoms with van der Waals surface area (Å²) >= 11 is 0.